The maximum Gasteiger partial charge on any atom is 0.0726 e. The van der Waals surface area contributed by atoms with Crippen molar-refractivity contribution in [3.05, 3.63) is 28.8 Å². The summed E-state index contributed by atoms with van der Waals surface area (Å²) in [7, 11) is 0. The number of benzene rings is 1. The number of alkyl halides is 1. The fourth-order valence-electron chi connectivity index (χ4n) is 2.34. The van der Waals surface area contributed by atoms with Crippen molar-refractivity contribution >= 4 is 28.9 Å². The Hall–Kier alpha value is -0.440. The van der Waals surface area contributed by atoms with Crippen LogP contribution in [-0.2, 0) is 10.6 Å². The first kappa shape index (κ1) is 13.0. The molecule has 0 amide bonds. The molecule has 1 aliphatic rings. The van der Waals surface area contributed by atoms with Crippen LogP contribution in [0.3, 0.4) is 0 Å². The Balaban J connectivity index is 2.26. The van der Waals surface area contributed by atoms with E-state index in [2.05, 4.69) is 18.7 Å². The van der Waals surface area contributed by atoms with Gasteiger partial charge in [-0.15, -0.1) is 11.6 Å². The van der Waals surface area contributed by atoms with E-state index in [0.717, 1.165) is 23.7 Å². The Morgan fingerprint density at radius 3 is 2.53 bits per heavy atom. The smallest absolute Gasteiger partial charge is 0.0726 e. The molecule has 1 heterocycles. The Morgan fingerprint density at radius 1 is 1.29 bits per heavy atom. The number of hydrogen-bond acceptors (Lipinski definition) is 2. The SMILES string of the molecule is C[C@@H]1CN(c2ccc(Cl)cc2CCl)C[C@H](C)O1. The highest BCUT2D eigenvalue weighted by Crippen LogP contribution is 2.28. The van der Waals surface area contributed by atoms with Crippen LogP contribution >= 0.6 is 23.2 Å². The third-order valence-electron chi connectivity index (χ3n) is 2.95. The van der Waals surface area contributed by atoms with Gasteiger partial charge in [-0.2, -0.15) is 0 Å². The zero-order valence-corrected chi connectivity index (χ0v) is 11.6. The summed E-state index contributed by atoms with van der Waals surface area (Å²) in [6.07, 6.45) is 0.496. The first-order valence-corrected chi connectivity index (χ1v) is 6.76. The Labute approximate surface area is 112 Å². The molecular weight excluding hydrogens is 257 g/mol. The second kappa shape index (κ2) is 5.47. The third-order valence-corrected chi connectivity index (χ3v) is 3.47. The average molecular weight is 274 g/mol. The summed E-state index contributed by atoms with van der Waals surface area (Å²) < 4.78 is 5.73. The summed E-state index contributed by atoms with van der Waals surface area (Å²) in [4.78, 5) is 2.33. The summed E-state index contributed by atoms with van der Waals surface area (Å²) in [5.74, 6) is 0.482. The van der Waals surface area contributed by atoms with Crippen molar-refractivity contribution in [2.24, 2.45) is 0 Å². The highest BCUT2D eigenvalue weighted by Gasteiger charge is 2.23. The van der Waals surface area contributed by atoms with Gasteiger partial charge in [-0.3, -0.25) is 0 Å². The third kappa shape index (κ3) is 3.06. The minimum atomic E-state index is 0.248. The maximum atomic E-state index is 5.99. The quantitative estimate of drug-likeness (QED) is 0.762. The Bertz CT molecular complexity index is 387. The van der Waals surface area contributed by atoms with Crippen LogP contribution in [0.15, 0.2) is 18.2 Å². The van der Waals surface area contributed by atoms with E-state index >= 15 is 0 Å². The molecule has 1 aromatic carbocycles. The number of anilines is 1. The number of nitrogens with zero attached hydrogens (tertiary/aromatic N) is 1. The van der Waals surface area contributed by atoms with Crippen molar-refractivity contribution in [3.63, 3.8) is 0 Å². The molecular formula is C13H17Cl2NO. The number of ether oxygens (including phenoxy) is 1. The van der Waals surface area contributed by atoms with Crippen molar-refractivity contribution in [2.45, 2.75) is 31.9 Å². The van der Waals surface area contributed by atoms with Crippen molar-refractivity contribution in [2.75, 3.05) is 18.0 Å². The standard InChI is InChI=1S/C13H17Cl2NO/c1-9-7-16(8-10(2)17-9)13-4-3-12(15)5-11(13)6-14/h3-5,9-10H,6-8H2,1-2H3/t9-,10+. The van der Waals surface area contributed by atoms with E-state index in [4.69, 9.17) is 27.9 Å². The summed E-state index contributed by atoms with van der Waals surface area (Å²) >= 11 is 12.0. The molecule has 17 heavy (non-hydrogen) atoms. The molecule has 1 aliphatic heterocycles. The molecule has 1 saturated heterocycles. The summed E-state index contributed by atoms with van der Waals surface area (Å²) in [5, 5.41) is 0.735. The fraction of sp³-hybridized carbons (Fsp3) is 0.538. The number of halogens is 2. The second-order valence-electron chi connectivity index (χ2n) is 4.57. The molecule has 94 valence electrons. The van der Waals surface area contributed by atoms with Gasteiger partial charge < -0.3 is 9.64 Å². The highest BCUT2D eigenvalue weighted by atomic mass is 35.5. The molecule has 4 heteroatoms. The molecule has 2 nitrogen and oxygen atoms in total. The van der Waals surface area contributed by atoms with Crippen LogP contribution in [0.25, 0.3) is 0 Å². The van der Waals surface area contributed by atoms with Gasteiger partial charge >= 0.3 is 0 Å². The van der Waals surface area contributed by atoms with Gasteiger partial charge in [-0.1, -0.05) is 11.6 Å². The van der Waals surface area contributed by atoms with Crippen LogP contribution in [0.5, 0.6) is 0 Å². The summed E-state index contributed by atoms with van der Waals surface area (Å²) in [6.45, 7) is 5.99. The van der Waals surface area contributed by atoms with Gasteiger partial charge in [0.25, 0.3) is 0 Å². The lowest BCUT2D eigenvalue weighted by Gasteiger charge is -2.37. The predicted octanol–water partition coefficient (Wildman–Crippen LogP) is 3.69. The van der Waals surface area contributed by atoms with Crippen molar-refractivity contribution in [1.82, 2.24) is 0 Å². The zero-order valence-electron chi connectivity index (χ0n) is 10.1. The molecule has 1 fully saturated rings. The van der Waals surface area contributed by atoms with Crippen LogP contribution in [0, 0.1) is 0 Å². The number of hydrogen-bond donors (Lipinski definition) is 0. The van der Waals surface area contributed by atoms with Gasteiger partial charge in [0, 0.05) is 29.7 Å². The molecule has 0 N–H and O–H groups in total. The fourth-order valence-corrected chi connectivity index (χ4v) is 2.75. The van der Waals surface area contributed by atoms with Crippen LogP contribution in [0.2, 0.25) is 5.02 Å². The molecule has 0 bridgehead atoms. The molecule has 0 unspecified atom stereocenters. The Morgan fingerprint density at radius 2 is 1.94 bits per heavy atom. The van der Waals surface area contributed by atoms with Crippen molar-refractivity contribution < 1.29 is 4.74 Å². The zero-order chi connectivity index (χ0) is 12.4. The number of morpholine rings is 1. The molecule has 0 spiro atoms. The van der Waals surface area contributed by atoms with E-state index in [1.807, 2.05) is 18.2 Å². The van der Waals surface area contributed by atoms with Crippen LogP contribution in [0.4, 0.5) is 5.69 Å². The summed E-state index contributed by atoms with van der Waals surface area (Å²) in [6, 6.07) is 5.90. The van der Waals surface area contributed by atoms with Gasteiger partial charge in [-0.25, -0.2) is 0 Å². The van der Waals surface area contributed by atoms with Crippen molar-refractivity contribution in [3.8, 4) is 0 Å². The first-order valence-electron chi connectivity index (χ1n) is 5.85. The first-order chi connectivity index (χ1) is 8.10. The number of rotatable bonds is 2. The monoisotopic (exact) mass is 273 g/mol. The summed E-state index contributed by atoms with van der Waals surface area (Å²) in [5.41, 5.74) is 2.26. The minimum absolute atomic E-state index is 0.248. The topological polar surface area (TPSA) is 12.5 Å². The van der Waals surface area contributed by atoms with Crippen LogP contribution in [-0.4, -0.2) is 25.3 Å². The van der Waals surface area contributed by atoms with Gasteiger partial charge in [0.15, 0.2) is 0 Å². The van der Waals surface area contributed by atoms with Crippen molar-refractivity contribution in [1.29, 1.82) is 0 Å². The normalized spacial score (nSPS) is 25.1. The molecule has 0 aliphatic carbocycles. The second-order valence-corrected chi connectivity index (χ2v) is 5.27. The van der Waals surface area contributed by atoms with E-state index in [-0.39, 0.29) is 12.2 Å². The van der Waals surface area contributed by atoms with Gasteiger partial charge in [0.2, 0.25) is 0 Å². The lowest BCUT2D eigenvalue weighted by molar-refractivity contribution is -0.00524. The Kier molecular flexibility index (Phi) is 4.18. The van der Waals surface area contributed by atoms with E-state index in [0.29, 0.717) is 5.88 Å². The largest absolute Gasteiger partial charge is 0.372 e. The van der Waals surface area contributed by atoms with Gasteiger partial charge in [0.1, 0.15) is 0 Å². The molecule has 0 radical (unpaired) electrons. The van der Waals surface area contributed by atoms with E-state index in [9.17, 15) is 0 Å². The molecule has 0 aromatic heterocycles. The van der Waals surface area contributed by atoms with Gasteiger partial charge in [0.05, 0.1) is 12.2 Å². The van der Waals surface area contributed by atoms with E-state index in [1.54, 1.807) is 0 Å². The van der Waals surface area contributed by atoms with E-state index in [1.165, 1.54) is 5.69 Å². The average Bonchev–Trinajstić information content (AvgIpc) is 2.27. The maximum absolute atomic E-state index is 5.99. The molecule has 2 rings (SSSR count). The molecule has 2 atom stereocenters. The lowest BCUT2D eigenvalue weighted by atomic mass is 10.1. The lowest BCUT2D eigenvalue weighted by Crippen LogP contribution is -2.45. The van der Waals surface area contributed by atoms with Crippen LogP contribution < -0.4 is 4.90 Å². The highest BCUT2D eigenvalue weighted by molar-refractivity contribution is 6.30. The molecule has 1 aromatic rings. The van der Waals surface area contributed by atoms with Gasteiger partial charge in [-0.05, 0) is 37.6 Å². The minimum Gasteiger partial charge on any atom is -0.372 e. The predicted molar refractivity (Wildman–Crippen MR) is 73.2 cm³/mol. The molecule has 0 saturated carbocycles. The van der Waals surface area contributed by atoms with E-state index < -0.39 is 0 Å². The van der Waals surface area contributed by atoms with Crippen LogP contribution in [0.1, 0.15) is 19.4 Å².